The number of nitrogens with zero attached hydrogens (tertiary/aromatic N) is 1. The van der Waals surface area contributed by atoms with E-state index in [1.165, 1.54) is 11.3 Å². The van der Waals surface area contributed by atoms with Gasteiger partial charge in [-0.2, -0.15) is 0 Å². The predicted molar refractivity (Wildman–Crippen MR) is 110 cm³/mol. The first-order chi connectivity index (χ1) is 12.3. The van der Waals surface area contributed by atoms with Gasteiger partial charge in [0.15, 0.2) is 0 Å². The number of aryl methyl sites for hydroxylation is 3. The zero-order valence-electron chi connectivity index (χ0n) is 15.2. The molecule has 0 radical (unpaired) electrons. The second-order valence-electron chi connectivity index (χ2n) is 6.36. The Morgan fingerprint density at radius 2 is 1.77 bits per heavy atom. The summed E-state index contributed by atoms with van der Waals surface area (Å²) in [4.78, 5) is 7.74. The summed E-state index contributed by atoms with van der Waals surface area (Å²) in [6.45, 7) is 8.23. The molecule has 0 aliphatic rings. The average molecular weight is 407 g/mol. The van der Waals surface area contributed by atoms with E-state index in [1.807, 2.05) is 58.0 Å². The van der Waals surface area contributed by atoms with E-state index >= 15 is 0 Å². The smallest absolute Gasteiger partial charge is 0.240 e. The molecule has 0 aliphatic heterocycles. The van der Waals surface area contributed by atoms with Crippen LogP contribution >= 0.6 is 22.7 Å². The predicted octanol–water partition coefficient (Wildman–Crippen LogP) is 4.88. The summed E-state index contributed by atoms with van der Waals surface area (Å²) >= 11 is 3.08. The van der Waals surface area contributed by atoms with E-state index in [4.69, 9.17) is 0 Å². The summed E-state index contributed by atoms with van der Waals surface area (Å²) in [6.07, 6.45) is 0. The number of hydrogen-bond donors (Lipinski definition) is 1. The minimum absolute atomic E-state index is 0.105. The zero-order chi connectivity index (χ0) is 18.9. The van der Waals surface area contributed by atoms with Crippen molar-refractivity contribution in [2.75, 3.05) is 6.54 Å². The van der Waals surface area contributed by atoms with Crippen LogP contribution in [-0.2, 0) is 10.0 Å². The van der Waals surface area contributed by atoms with Gasteiger partial charge in [-0.05, 0) is 38.3 Å². The third-order valence-corrected chi connectivity index (χ3v) is 8.32. The van der Waals surface area contributed by atoms with Crippen molar-refractivity contribution in [3.63, 3.8) is 0 Å². The Morgan fingerprint density at radius 1 is 1.08 bits per heavy atom. The molecule has 138 valence electrons. The Bertz CT molecular complexity index is 985. The molecule has 2 heterocycles. The quantitative estimate of drug-likeness (QED) is 0.635. The van der Waals surface area contributed by atoms with Crippen LogP contribution < -0.4 is 4.72 Å². The second-order valence-corrected chi connectivity index (χ2v) is 10.6. The van der Waals surface area contributed by atoms with Crippen molar-refractivity contribution in [3.05, 3.63) is 57.4 Å². The van der Waals surface area contributed by atoms with Crippen LogP contribution in [0.5, 0.6) is 0 Å². The number of aromatic nitrogens is 1. The van der Waals surface area contributed by atoms with Crippen molar-refractivity contribution in [2.45, 2.75) is 38.5 Å². The van der Waals surface area contributed by atoms with Crippen LogP contribution in [-0.4, -0.2) is 19.9 Å². The molecule has 0 spiro atoms. The lowest BCUT2D eigenvalue weighted by atomic mass is 10.0. The molecule has 4 nitrogen and oxygen atoms in total. The van der Waals surface area contributed by atoms with E-state index in [0.717, 1.165) is 30.9 Å². The topological polar surface area (TPSA) is 59.1 Å². The molecular weight excluding hydrogens is 384 g/mol. The molecule has 1 N–H and O–H groups in total. The lowest BCUT2D eigenvalue weighted by Gasteiger charge is -2.13. The summed E-state index contributed by atoms with van der Waals surface area (Å²) in [5.41, 5.74) is 2.11. The summed E-state index contributed by atoms with van der Waals surface area (Å²) in [5, 5.41) is 0.882. The fourth-order valence-electron chi connectivity index (χ4n) is 2.63. The number of sulfonamides is 1. The molecule has 0 bridgehead atoms. The molecule has 1 atom stereocenters. The third-order valence-electron chi connectivity index (χ3n) is 4.35. The molecule has 3 aromatic rings. The highest BCUT2D eigenvalue weighted by Gasteiger charge is 2.22. The van der Waals surface area contributed by atoms with E-state index in [-0.39, 0.29) is 5.92 Å². The third kappa shape index (κ3) is 4.06. The van der Waals surface area contributed by atoms with Crippen LogP contribution in [0.3, 0.4) is 0 Å². The standard InChI is InChI=1S/C19H22N2O2S3/c1-12(16-8-6-5-7-9-16)11-20-26(22,23)18-10-17(24-15(18)4)19-21-13(2)14(3)25-19/h5-10,12,20H,11H2,1-4H3/t12-/m1/s1. The van der Waals surface area contributed by atoms with Gasteiger partial charge in [0.25, 0.3) is 0 Å². The van der Waals surface area contributed by atoms with Crippen LogP contribution in [0.15, 0.2) is 41.3 Å². The van der Waals surface area contributed by atoms with Gasteiger partial charge in [0.05, 0.1) is 15.5 Å². The van der Waals surface area contributed by atoms with Crippen LogP contribution in [0.2, 0.25) is 0 Å². The van der Waals surface area contributed by atoms with Crippen LogP contribution in [0, 0.1) is 20.8 Å². The fourth-order valence-corrected chi connectivity index (χ4v) is 6.31. The van der Waals surface area contributed by atoms with Crippen molar-refractivity contribution >= 4 is 32.7 Å². The fraction of sp³-hybridized carbons (Fsp3) is 0.316. The molecular formula is C19H22N2O2S3. The largest absolute Gasteiger partial charge is 0.241 e. The van der Waals surface area contributed by atoms with Gasteiger partial charge in [-0.1, -0.05) is 37.3 Å². The van der Waals surface area contributed by atoms with E-state index in [9.17, 15) is 8.42 Å². The summed E-state index contributed by atoms with van der Waals surface area (Å²) in [5.74, 6) is 0.105. The minimum atomic E-state index is -3.55. The molecule has 0 amide bonds. The highest BCUT2D eigenvalue weighted by atomic mass is 32.2. The Labute approximate surface area is 163 Å². The lowest BCUT2D eigenvalue weighted by molar-refractivity contribution is 0.575. The molecule has 26 heavy (non-hydrogen) atoms. The van der Waals surface area contributed by atoms with Crippen molar-refractivity contribution < 1.29 is 8.42 Å². The maximum atomic E-state index is 12.8. The number of thiophene rings is 1. The Balaban J connectivity index is 1.79. The van der Waals surface area contributed by atoms with Crippen LogP contribution in [0.1, 0.15) is 33.9 Å². The van der Waals surface area contributed by atoms with E-state index in [1.54, 1.807) is 17.4 Å². The summed E-state index contributed by atoms with van der Waals surface area (Å²) < 4.78 is 28.3. The molecule has 0 unspecified atom stereocenters. The number of nitrogens with one attached hydrogen (secondary N) is 1. The van der Waals surface area contributed by atoms with E-state index < -0.39 is 10.0 Å². The minimum Gasteiger partial charge on any atom is -0.240 e. The SMILES string of the molecule is Cc1nc(-c2cc(S(=O)(=O)NC[C@@H](C)c3ccccc3)c(C)s2)sc1C. The highest BCUT2D eigenvalue weighted by molar-refractivity contribution is 7.89. The van der Waals surface area contributed by atoms with Gasteiger partial charge in [0.2, 0.25) is 10.0 Å². The van der Waals surface area contributed by atoms with E-state index in [2.05, 4.69) is 9.71 Å². The lowest BCUT2D eigenvalue weighted by Crippen LogP contribution is -2.27. The Morgan fingerprint density at radius 3 is 2.38 bits per heavy atom. The normalized spacial score (nSPS) is 13.1. The van der Waals surface area contributed by atoms with Gasteiger partial charge in [-0.15, -0.1) is 22.7 Å². The first-order valence-electron chi connectivity index (χ1n) is 8.37. The molecule has 1 aromatic carbocycles. The number of hydrogen-bond acceptors (Lipinski definition) is 5. The number of rotatable bonds is 6. The van der Waals surface area contributed by atoms with E-state index in [0.29, 0.717) is 11.4 Å². The van der Waals surface area contributed by atoms with Gasteiger partial charge in [0.1, 0.15) is 5.01 Å². The summed E-state index contributed by atoms with van der Waals surface area (Å²) in [6, 6.07) is 11.7. The first-order valence-corrected chi connectivity index (χ1v) is 11.5. The Hall–Kier alpha value is -1.54. The van der Waals surface area contributed by atoms with Gasteiger partial charge in [0, 0.05) is 16.3 Å². The van der Waals surface area contributed by atoms with Crippen LogP contribution in [0.25, 0.3) is 9.88 Å². The van der Waals surface area contributed by atoms with Gasteiger partial charge < -0.3 is 0 Å². The average Bonchev–Trinajstić information content (AvgIpc) is 3.17. The first kappa shape index (κ1) is 19.2. The highest BCUT2D eigenvalue weighted by Crippen LogP contribution is 2.36. The molecule has 3 rings (SSSR count). The summed E-state index contributed by atoms with van der Waals surface area (Å²) in [7, 11) is -3.55. The molecule has 0 saturated heterocycles. The van der Waals surface area contributed by atoms with Crippen LogP contribution in [0.4, 0.5) is 0 Å². The maximum absolute atomic E-state index is 12.8. The molecule has 0 aliphatic carbocycles. The number of thiazole rings is 1. The van der Waals surface area contributed by atoms with Gasteiger partial charge in [-0.3, -0.25) is 0 Å². The molecule has 0 fully saturated rings. The monoisotopic (exact) mass is 406 g/mol. The molecule has 7 heteroatoms. The maximum Gasteiger partial charge on any atom is 0.241 e. The van der Waals surface area contributed by atoms with Crippen molar-refractivity contribution in [3.8, 4) is 9.88 Å². The van der Waals surface area contributed by atoms with Gasteiger partial charge >= 0.3 is 0 Å². The van der Waals surface area contributed by atoms with Crippen molar-refractivity contribution in [1.29, 1.82) is 0 Å². The molecule has 2 aromatic heterocycles. The second kappa shape index (κ2) is 7.60. The van der Waals surface area contributed by atoms with Crippen molar-refractivity contribution in [1.82, 2.24) is 9.71 Å². The van der Waals surface area contributed by atoms with Gasteiger partial charge in [-0.25, -0.2) is 18.1 Å². The Kier molecular flexibility index (Phi) is 5.62. The number of benzene rings is 1. The zero-order valence-corrected chi connectivity index (χ0v) is 17.7. The van der Waals surface area contributed by atoms with Crippen molar-refractivity contribution in [2.24, 2.45) is 0 Å². The molecule has 0 saturated carbocycles.